The molecule has 2 aromatic heterocycles. The smallest absolute Gasteiger partial charge is 0.330 e. The Bertz CT molecular complexity index is 1430. The van der Waals surface area contributed by atoms with Gasteiger partial charge in [0.05, 0.1) is 23.7 Å². The molecule has 0 saturated heterocycles. The molecule has 0 amide bonds. The number of rotatable bonds is 4. The Morgan fingerprint density at radius 1 is 0.968 bits per heavy atom. The van der Waals surface area contributed by atoms with E-state index in [9.17, 15) is 9.59 Å². The molecule has 0 bridgehead atoms. The monoisotopic (exact) mass is 419 g/mol. The molecule has 31 heavy (non-hydrogen) atoms. The third-order valence-corrected chi connectivity index (χ3v) is 5.67. The zero-order valence-electron chi connectivity index (χ0n) is 17.4. The summed E-state index contributed by atoms with van der Waals surface area (Å²) >= 11 is 0. The highest BCUT2D eigenvalue weighted by molar-refractivity contribution is 5.93. The fourth-order valence-electron chi connectivity index (χ4n) is 4.01. The average molecular weight is 419 g/mol. The topological polar surface area (TPSA) is 76.6 Å². The lowest BCUT2D eigenvalue weighted by molar-refractivity contribution is 0.174. The summed E-state index contributed by atoms with van der Waals surface area (Å²) in [4.78, 5) is 25.6. The molecule has 1 aliphatic rings. The fourth-order valence-corrected chi connectivity index (χ4v) is 4.01. The van der Waals surface area contributed by atoms with Gasteiger partial charge in [0.15, 0.2) is 11.5 Å². The van der Waals surface area contributed by atoms with Gasteiger partial charge in [-0.25, -0.2) is 4.79 Å². The van der Waals surface area contributed by atoms with Crippen LogP contribution in [0.25, 0.3) is 22.2 Å². The number of nitrogens with zero attached hydrogens (tertiary/aromatic N) is 3. The van der Waals surface area contributed by atoms with E-state index >= 15 is 0 Å². The lowest BCUT2D eigenvalue weighted by Gasteiger charge is -2.11. The van der Waals surface area contributed by atoms with Gasteiger partial charge >= 0.3 is 5.69 Å². The SMILES string of the molecule is COc1ccc(-c2c3c(=O)n(C)c(=O)n(C)c3cn2Cc2ccc3c(c2)OCO3)cc1. The highest BCUT2D eigenvalue weighted by Crippen LogP contribution is 2.34. The second-order valence-corrected chi connectivity index (χ2v) is 7.49. The lowest BCUT2D eigenvalue weighted by Crippen LogP contribution is -2.36. The number of fused-ring (bicyclic) bond motifs is 2. The molecule has 0 spiro atoms. The predicted molar refractivity (Wildman–Crippen MR) is 116 cm³/mol. The third kappa shape index (κ3) is 2.99. The minimum atomic E-state index is -0.362. The zero-order chi connectivity index (χ0) is 21.7. The molecule has 5 rings (SSSR count). The van der Waals surface area contributed by atoms with Gasteiger partial charge in [-0.3, -0.25) is 13.9 Å². The number of benzene rings is 2. The molecule has 8 heteroatoms. The van der Waals surface area contributed by atoms with Crippen molar-refractivity contribution >= 4 is 10.9 Å². The van der Waals surface area contributed by atoms with Gasteiger partial charge in [0.25, 0.3) is 5.56 Å². The maximum atomic E-state index is 13.1. The first-order valence-corrected chi connectivity index (χ1v) is 9.79. The number of ether oxygens (including phenoxy) is 3. The Kier molecular flexibility index (Phi) is 4.35. The molecule has 0 radical (unpaired) electrons. The highest BCUT2D eigenvalue weighted by Gasteiger charge is 2.20. The van der Waals surface area contributed by atoms with E-state index in [1.54, 1.807) is 14.2 Å². The minimum Gasteiger partial charge on any atom is -0.497 e. The Morgan fingerprint density at radius 3 is 2.45 bits per heavy atom. The average Bonchev–Trinajstić information content (AvgIpc) is 3.41. The van der Waals surface area contributed by atoms with Gasteiger partial charge in [-0.15, -0.1) is 0 Å². The van der Waals surface area contributed by atoms with Crippen LogP contribution in [-0.2, 0) is 20.6 Å². The maximum Gasteiger partial charge on any atom is 0.330 e. The van der Waals surface area contributed by atoms with Gasteiger partial charge in [0.2, 0.25) is 6.79 Å². The number of hydrogen-bond acceptors (Lipinski definition) is 5. The van der Waals surface area contributed by atoms with E-state index in [0.717, 1.165) is 27.1 Å². The summed E-state index contributed by atoms with van der Waals surface area (Å²) in [5.74, 6) is 2.14. The van der Waals surface area contributed by atoms with Crippen LogP contribution in [0.1, 0.15) is 5.56 Å². The van der Waals surface area contributed by atoms with Crippen molar-refractivity contribution in [2.75, 3.05) is 13.9 Å². The van der Waals surface area contributed by atoms with Gasteiger partial charge in [0, 0.05) is 26.8 Å². The summed E-state index contributed by atoms with van der Waals surface area (Å²) in [7, 11) is 4.78. The molecule has 0 fully saturated rings. The molecular formula is C23H21N3O5. The first-order valence-electron chi connectivity index (χ1n) is 9.79. The first-order chi connectivity index (χ1) is 15.0. The molecule has 3 heterocycles. The fraction of sp³-hybridized carbons (Fsp3) is 0.217. The molecule has 158 valence electrons. The van der Waals surface area contributed by atoms with Gasteiger partial charge in [-0.2, -0.15) is 0 Å². The Morgan fingerprint density at radius 2 is 1.71 bits per heavy atom. The summed E-state index contributed by atoms with van der Waals surface area (Å²) in [5, 5.41) is 0.496. The van der Waals surface area contributed by atoms with E-state index in [4.69, 9.17) is 14.2 Å². The van der Waals surface area contributed by atoms with E-state index < -0.39 is 0 Å². The Balaban J connectivity index is 1.75. The number of methoxy groups -OCH3 is 1. The minimum absolute atomic E-state index is 0.210. The van der Waals surface area contributed by atoms with Crippen molar-refractivity contribution in [3.63, 3.8) is 0 Å². The van der Waals surface area contributed by atoms with E-state index in [2.05, 4.69) is 0 Å². The van der Waals surface area contributed by atoms with Crippen LogP contribution in [0.5, 0.6) is 17.2 Å². The largest absolute Gasteiger partial charge is 0.497 e. The molecule has 4 aromatic rings. The van der Waals surface area contributed by atoms with Crippen LogP contribution < -0.4 is 25.5 Å². The second kappa shape index (κ2) is 7.09. The van der Waals surface area contributed by atoms with E-state index in [0.29, 0.717) is 28.9 Å². The molecule has 0 aliphatic carbocycles. The number of aromatic nitrogens is 3. The Hall–Kier alpha value is -3.94. The summed E-state index contributed by atoms with van der Waals surface area (Å²) in [6.45, 7) is 0.700. The summed E-state index contributed by atoms with van der Waals surface area (Å²) in [6.07, 6.45) is 1.85. The summed E-state index contributed by atoms with van der Waals surface area (Å²) < 4.78 is 20.8. The molecule has 0 N–H and O–H groups in total. The van der Waals surface area contributed by atoms with Crippen LogP contribution in [0, 0.1) is 0 Å². The van der Waals surface area contributed by atoms with E-state index in [1.807, 2.05) is 53.2 Å². The summed E-state index contributed by atoms with van der Waals surface area (Å²) in [5.41, 5.74) is 2.48. The van der Waals surface area contributed by atoms with Crippen LogP contribution in [0.2, 0.25) is 0 Å². The predicted octanol–water partition coefficient (Wildman–Crippen LogP) is 2.49. The van der Waals surface area contributed by atoms with Gasteiger partial charge < -0.3 is 18.8 Å². The summed E-state index contributed by atoms with van der Waals surface area (Å²) in [6, 6.07) is 13.3. The van der Waals surface area contributed by atoms with Crippen LogP contribution in [-0.4, -0.2) is 27.6 Å². The van der Waals surface area contributed by atoms with Crippen LogP contribution in [0.15, 0.2) is 58.3 Å². The van der Waals surface area contributed by atoms with Crippen LogP contribution in [0.4, 0.5) is 0 Å². The quantitative estimate of drug-likeness (QED) is 0.508. The maximum absolute atomic E-state index is 13.1. The van der Waals surface area contributed by atoms with Gasteiger partial charge in [0.1, 0.15) is 5.75 Å². The van der Waals surface area contributed by atoms with Crippen molar-refractivity contribution in [2.24, 2.45) is 14.1 Å². The second-order valence-electron chi connectivity index (χ2n) is 7.49. The van der Waals surface area contributed by atoms with Crippen molar-refractivity contribution < 1.29 is 14.2 Å². The van der Waals surface area contributed by atoms with Crippen LogP contribution >= 0.6 is 0 Å². The van der Waals surface area contributed by atoms with Crippen molar-refractivity contribution in [1.82, 2.24) is 13.7 Å². The molecule has 0 unspecified atom stereocenters. The normalized spacial score (nSPS) is 12.5. The van der Waals surface area contributed by atoms with E-state index in [1.165, 1.54) is 11.6 Å². The molecule has 0 atom stereocenters. The van der Waals surface area contributed by atoms with Crippen LogP contribution in [0.3, 0.4) is 0 Å². The highest BCUT2D eigenvalue weighted by atomic mass is 16.7. The van der Waals surface area contributed by atoms with Gasteiger partial charge in [-0.1, -0.05) is 6.07 Å². The molecule has 0 saturated carbocycles. The molecule has 1 aliphatic heterocycles. The number of aryl methyl sites for hydroxylation is 1. The van der Waals surface area contributed by atoms with Crippen molar-refractivity contribution in [3.05, 3.63) is 75.1 Å². The number of hydrogen-bond donors (Lipinski definition) is 0. The molecule has 8 nitrogen and oxygen atoms in total. The lowest BCUT2D eigenvalue weighted by atomic mass is 10.1. The third-order valence-electron chi connectivity index (χ3n) is 5.67. The van der Waals surface area contributed by atoms with Crippen molar-refractivity contribution in [3.8, 4) is 28.5 Å². The zero-order valence-corrected chi connectivity index (χ0v) is 17.4. The Labute approximate surface area is 177 Å². The molecular weight excluding hydrogens is 398 g/mol. The van der Waals surface area contributed by atoms with Gasteiger partial charge in [-0.05, 0) is 47.5 Å². The van der Waals surface area contributed by atoms with Crippen molar-refractivity contribution in [1.29, 1.82) is 0 Å². The van der Waals surface area contributed by atoms with Crippen molar-refractivity contribution in [2.45, 2.75) is 6.54 Å². The molecule has 2 aromatic carbocycles. The standard InChI is InChI=1S/C23H21N3O5/c1-24-17-12-26(11-14-4-9-18-19(10-14)31-13-30-18)21(15-5-7-16(29-3)8-6-15)20(17)22(27)25(2)23(24)28/h4-10,12H,11,13H2,1-3H3. The first kappa shape index (κ1) is 19.0. The van der Waals surface area contributed by atoms with E-state index in [-0.39, 0.29) is 18.0 Å².